The van der Waals surface area contributed by atoms with Crippen LogP contribution in [-0.4, -0.2) is 31.5 Å². The molecule has 0 aromatic heterocycles. The molecule has 1 aromatic carbocycles. The van der Waals surface area contributed by atoms with Gasteiger partial charge in [-0.2, -0.15) is 8.42 Å². The maximum atomic E-state index is 13.8. The van der Waals surface area contributed by atoms with E-state index in [0.29, 0.717) is 17.0 Å². The summed E-state index contributed by atoms with van der Waals surface area (Å²) in [5.41, 5.74) is -1.64. The zero-order valence-electron chi connectivity index (χ0n) is 10.8. The molecule has 11 heteroatoms. The van der Waals surface area contributed by atoms with Gasteiger partial charge in [-0.1, -0.05) is 0 Å². The molecule has 0 N–H and O–H groups in total. The highest BCUT2D eigenvalue weighted by molar-refractivity contribution is 7.86. The number of carbonyl (C=O) groups excluding carboxylic acids is 1. The summed E-state index contributed by atoms with van der Waals surface area (Å²) in [6.07, 6.45) is -0.390. The van der Waals surface area contributed by atoms with Crippen LogP contribution in [0.5, 0.6) is 0 Å². The number of anilines is 1. The first-order chi connectivity index (χ1) is 10.1. The Balaban J connectivity index is 2.33. The lowest BCUT2D eigenvalue weighted by molar-refractivity contribution is -0.385. The fourth-order valence-corrected chi connectivity index (χ4v) is 3.09. The molecule has 1 aromatic rings. The standard InChI is InChI=1S/C11H9F3N2O5S/c12-8-2-7(16(18)19)3-9(13)11(8)15-4-6(1-10(15)17)5-22(14,20)21/h2-3,6H,1,4-5H2. The second kappa shape index (κ2) is 5.55. The number of halogens is 3. The monoisotopic (exact) mass is 338 g/mol. The molecule has 0 radical (unpaired) electrons. The number of nitro groups is 1. The minimum atomic E-state index is -4.83. The van der Waals surface area contributed by atoms with Crippen molar-refractivity contribution in [1.82, 2.24) is 0 Å². The van der Waals surface area contributed by atoms with Gasteiger partial charge in [0, 0.05) is 18.9 Å². The van der Waals surface area contributed by atoms with Crippen LogP contribution in [0.2, 0.25) is 0 Å². The highest BCUT2D eigenvalue weighted by atomic mass is 32.3. The van der Waals surface area contributed by atoms with E-state index in [1.54, 1.807) is 0 Å². The zero-order valence-corrected chi connectivity index (χ0v) is 11.6. The van der Waals surface area contributed by atoms with Crippen molar-refractivity contribution < 1.29 is 30.8 Å². The van der Waals surface area contributed by atoms with E-state index in [1.807, 2.05) is 0 Å². The van der Waals surface area contributed by atoms with Gasteiger partial charge in [0.05, 0.1) is 22.8 Å². The third-order valence-electron chi connectivity index (χ3n) is 3.12. The summed E-state index contributed by atoms with van der Waals surface area (Å²) in [5, 5.41) is 10.5. The van der Waals surface area contributed by atoms with Crippen LogP contribution in [0, 0.1) is 27.7 Å². The van der Waals surface area contributed by atoms with Crippen LogP contribution >= 0.6 is 0 Å². The molecule has 0 aliphatic carbocycles. The molecule has 1 amide bonds. The summed E-state index contributed by atoms with van der Waals surface area (Å²) in [6.45, 7) is -0.395. The van der Waals surface area contributed by atoms with Gasteiger partial charge < -0.3 is 4.90 Å². The Morgan fingerprint density at radius 3 is 2.32 bits per heavy atom. The summed E-state index contributed by atoms with van der Waals surface area (Å²) >= 11 is 0. The molecule has 1 unspecified atom stereocenters. The van der Waals surface area contributed by atoms with Gasteiger partial charge in [0.2, 0.25) is 5.91 Å². The molecule has 1 atom stereocenters. The van der Waals surface area contributed by atoms with Crippen LogP contribution in [0.3, 0.4) is 0 Å². The summed E-state index contributed by atoms with van der Waals surface area (Å²) in [4.78, 5) is 21.9. The van der Waals surface area contributed by atoms with Crippen molar-refractivity contribution in [3.05, 3.63) is 33.9 Å². The Kier molecular flexibility index (Phi) is 4.09. The lowest BCUT2D eigenvalue weighted by Crippen LogP contribution is -2.27. The van der Waals surface area contributed by atoms with E-state index in [2.05, 4.69) is 0 Å². The largest absolute Gasteiger partial charge is 0.307 e. The number of non-ortho nitro benzene ring substituents is 1. The number of amides is 1. The summed E-state index contributed by atoms with van der Waals surface area (Å²) < 4.78 is 61.4. The number of hydrogen-bond donors (Lipinski definition) is 0. The summed E-state index contributed by atoms with van der Waals surface area (Å²) in [6, 6.07) is 0.899. The van der Waals surface area contributed by atoms with E-state index in [0.717, 1.165) is 0 Å². The van der Waals surface area contributed by atoms with Gasteiger partial charge in [-0.25, -0.2) is 8.78 Å². The van der Waals surface area contributed by atoms with Crippen molar-refractivity contribution in [2.24, 2.45) is 5.92 Å². The predicted octanol–water partition coefficient (Wildman–Crippen LogP) is 1.53. The SMILES string of the molecule is O=C1CC(CS(=O)(=O)F)CN1c1c(F)cc([N+](=O)[O-])cc1F. The van der Waals surface area contributed by atoms with E-state index in [4.69, 9.17) is 0 Å². The first-order valence-corrected chi connectivity index (χ1v) is 7.50. The molecule has 1 aliphatic rings. The molecule has 2 rings (SSSR count). The fourth-order valence-electron chi connectivity index (χ4n) is 2.31. The number of nitrogens with zero attached hydrogens (tertiary/aromatic N) is 2. The second-order valence-electron chi connectivity index (χ2n) is 4.80. The van der Waals surface area contributed by atoms with Gasteiger partial charge in [0.25, 0.3) is 5.69 Å². The van der Waals surface area contributed by atoms with Crippen molar-refractivity contribution in [3.63, 3.8) is 0 Å². The molecular weight excluding hydrogens is 329 g/mol. The average molecular weight is 338 g/mol. The van der Waals surface area contributed by atoms with E-state index >= 15 is 0 Å². The van der Waals surface area contributed by atoms with Crippen LogP contribution in [-0.2, 0) is 15.0 Å². The van der Waals surface area contributed by atoms with Crippen LogP contribution < -0.4 is 4.90 Å². The van der Waals surface area contributed by atoms with E-state index in [9.17, 15) is 36.0 Å². The minimum absolute atomic E-state index is 0.390. The Labute approximate surface area is 122 Å². The number of benzene rings is 1. The maximum absolute atomic E-state index is 13.8. The summed E-state index contributed by atoms with van der Waals surface area (Å²) in [5.74, 6) is -5.34. The lowest BCUT2D eigenvalue weighted by atomic mass is 10.1. The van der Waals surface area contributed by atoms with E-state index < -0.39 is 62.3 Å². The number of carbonyl (C=O) groups is 1. The molecule has 1 heterocycles. The quantitative estimate of drug-likeness (QED) is 0.471. The molecule has 0 spiro atoms. The Bertz CT molecular complexity index is 729. The third-order valence-corrected chi connectivity index (χ3v) is 3.99. The molecule has 1 fully saturated rings. The van der Waals surface area contributed by atoms with Gasteiger partial charge >= 0.3 is 10.2 Å². The molecule has 0 saturated carbocycles. The van der Waals surface area contributed by atoms with Crippen molar-refractivity contribution in [1.29, 1.82) is 0 Å². The van der Waals surface area contributed by atoms with Crippen molar-refractivity contribution in [2.45, 2.75) is 6.42 Å². The molecule has 1 saturated heterocycles. The molecular formula is C11H9F3N2O5S. The summed E-state index contributed by atoms with van der Waals surface area (Å²) in [7, 11) is -4.83. The Morgan fingerprint density at radius 2 is 1.86 bits per heavy atom. The van der Waals surface area contributed by atoms with Gasteiger partial charge in [-0.05, 0) is 0 Å². The molecule has 7 nitrogen and oxygen atoms in total. The Morgan fingerprint density at radius 1 is 1.32 bits per heavy atom. The minimum Gasteiger partial charge on any atom is -0.307 e. The molecule has 120 valence electrons. The van der Waals surface area contributed by atoms with Gasteiger partial charge in [-0.3, -0.25) is 14.9 Å². The van der Waals surface area contributed by atoms with E-state index in [1.165, 1.54) is 0 Å². The van der Waals surface area contributed by atoms with Crippen LogP contribution in [0.15, 0.2) is 12.1 Å². The van der Waals surface area contributed by atoms with Crippen molar-refractivity contribution >= 4 is 27.5 Å². The normalized spacial score (nSPS) is 18.8. The van der Waals surface area contributed by atoms with Crippen LogP contribution in [0.1, 0.15) is 6.42 Å². The van der Waals surface area contributed by atoms with Crippen LogP contribution in [0.25, 0.3) is 0 Å². The highest BCUT2D eigenvalue weighted by Gasteiger charge is 2.36. The van der Waals surface area contributed by atoms with Crippen LogP contribution in [0.4, 0.5) is 24.0 Å². The predicted molar refractivity (Wildman–Crippen MR) is 68.4 cm³/mol. The van der Waals surface area contributed by atoms with Crippen molar-refractivity contribution in [3.8, 4) is 0 Å². The fraction of sp³-hybridized carbons (Fsp3) is 0.364. The van der Waals surface area contributed by atoms with Crippen molar-refractivity contribution in [2.75, 3.05) is 17.2 Å². The van der Waals surface area contributed by atoms with Gasteiger partial charge in [0.15, 0.2) is 11.6 Å². The number of rotatable bonds is 4. The average Bonchev–Trinajstić information content (AvgIpc) is 2.66. The second-order valence-corrected chi connectivity index (χ2v) is 6.21. The molecule has 0 bridgehead atoms. The zero-order chi connectivity index (χ0) is 16.7. The van der Waals surface area contributed by atoms with E-state index in [-0.39, 0.29) is 6.42 Å². The maximum Gasteiger partial charge on any atom is 0.302 e. The topological polar surface area (TPSA) is 97.6 Å². The smallest absolute Gasteiger partial charge is 0.302 e. The Hall–Kier alpha value is -2.17. The third kappa shape index (κ3) is 3.35. The molecule has 1 aliphatic heterocycles. The molecule has 22 heavy (non-hydrogen) atoms. The lowest BCUT2D eigenvalue weighted by Gasteiger charge is -2.17. The number of nitro benzene ring substituents is 1. The number of hydrogen-bond acceptors (Lipinski definition) is 5. The first-order valence-electron chi connectivity index (χ1n) is 5.94. The highest BCUT2D eigenvalue weighted by Crippen LogP contribution is 2.33. The first kappa shape index (κ1) is 16.2. The van der Waals surface area contributed by atoms with Gasteiger partial charge in [-0.15, -0.1) is 3.89 Å². The van der Waals surface area contributed by atoms with Gasteiger partial charge in [0.1, 0.15) is 5.69 Å².